The van der Waals surface area contributed by atoms with E-state index in [2.05, 4.69) is 22.5 Å². The van der Waals surface area contributed by atoms with Crippen molar-refractivity contribution in [2.24, 2.45) is 5.73 Å². The molecule has 0 amide bonds. The van der Waals surface area contributed by atoms with E-state index in [9.17, 15) is 0 Å². The number of hydrogen-bond acceptors (Lipinski definition) is 2. The summed E-state index contributed by atoms with van der Waals surface area (Å²) < 4.78 is 2.12. The van der Waals surface area contributed by atoms with Crippen LogP contribution in [0.4, 0.5) is 0 Å². The Morgan fingerprint density at radius 2 is 2.21 bits per heavy atom. The van der Waals surface area contributed by atoms with Gasteiger partial charge in [-0.05, 0) is 37.5 Å². The molecular formula is C15H20ClN3. The SMILES string of the molecule is CCCc1nccn1-c1cccc(Cl)c1CC(C)N. The van der Waals surface area contributed by atoms with Crippen molar-refractivity contribution in [2.45, 2.75) is 39.2 Å². The highest BCUT2D eigenvalue weighted by atomic mass is 35.5. The molecule has 4 heteroatoms. The molecule has 0 aliphatic carbocycles. The summed E-state index contributed by atoms with van der Waals surface area (Å²) in [5.74, 6) is 1.07. The van der Waals surface area contributed by atoms with Gasteiger partial charge < -0.3 is 10.3 Å². The van der Waals surface area contributed by atoms with E-state index >= 15 is 0 Å². The van der Waals surface area contributed by atoms with Crippen molar-refractivity contribution in [1.29, 1.82) is 0 Å². The van der Waals surface area contributed by atoms with Crippen LogP contribution >= 0.6 is 11.6 Å². The van der Waals surface area contributed by atoms with Gasteiger partial charge in [-0.1, -0.05) is 24.6 Å². The lowest BCUT2D eigenvalue weighted by atomic mass is 10.0. The van der Waals surface area contributed by atoms with Crippen LogP contribution in [0.25, 0.3) is 5.69 Å². The molecule has 1 atom stereocenters. The smallest absolute Gasteiger partial charge is 0.113 e. The van der Waals surface area contributed by atoms with Gasteiger partial charge in [0.1, 0.15) is 5.82 Å². The molecule has 2 rings (SSSR count). The molecule has 0 fully saturated rings. The third-order valence-electron chi connectivity index (χ3n) is 3.07. The molecule has 102 valence electrons. The van der Waals surface area contributed by atoms with Gasteiger partial charge in [0, 0.05) is 29.9 Å². The molecule has 0 spiro atoms. The Hall–Kier alpha value is -1.32. The summed E-state index contributed by atoms with van der Waals surface area (Å²) in [5, 5.41) is 0.769. The minimum Gasteiger partial charge on any atom is -0.328 e. The van der Waals surface area contributed by atoms with Crippen molar-refractivity contribution in [3.8, 4) is 5.69 Å². The first-order chi connectivity index (χ1) is 9.13. The van der Waals surface area contributed by atoms with Crippen molar-refractivity contribution in [2.75, 3.05) is 0 Å². The average Bonchev–Trinajstić information content (AvgIpc) is 2.80. The van der Waals surface area contributed by atoms with Gasteiger partial charge in [0.25, 0.3) is 0 Å². The second-order valence-corrected chi connectivity index (χ2v) is 5.29. The molecule has 1 heterocycles. The van der Waals surface area contributed by atoms with Crippen LogP contribution in [0.15, 0.2) is 30.6 Å². The van der Waals surface area contributed by atoms with E-state index in [0.717, 1.165) is 41.4 Å². The first-order valence-corrected chi connectivity index (χ1v) is 7.06. The molecular weight excluding hydrogens is 258 g/mol. The van der Waals surface area contributed by atoms with Crippen LogP contribution in [0.1, 0.15) is 31.7 Å². The van der Waals surface area contributed by atoms with Crippen molar-refractivity contribution >= 4 is 11.6 Å². The largest absolute Gasteiger partial charge is 0.328 e. The van der Waals surface area contributed by atoms with Crippen molar-refractivity contribution in [1.82, 2.24) is 9.55 Å². The lowest BCUT2D eigenvalue weighted by Gasteiger charge is -2.16. The molecule has 2 N–H and O–H groups in total. The lowest BCUT2D eigenvalue weighted by Crippen LogP contribution is -2.19. The van der Waals surface area contributed by atoms with Gasteiger partial charge in [-0.25, -0.2) is 4.98 Å². The third kappa shape index (κ3) is 3.17. The Bertz CT molecular complexity index is 546. The summed E-state index contributed by atoms with van der Waals surface area (Å²) in [6.07, 6.45) is 6.61. The predicted octanol–water partition coefficient (Wildman–Crippen LogP) is 3.37. The summed E-state index contributed by atoms with van der Waals surface area (Å²) >= 11 is 6.33. The van der Waals surface area contributed by atoms with Gasteiger partial charge >= 0.3 is 0 Å². The molecule has 0 radical (unpaired) electrons. The van der Waals surface area contributed by atoms with Crippen LogP contribution in [-0.2, 0) is 12.8 Å². The molecule has 1 aromatic heterocycles. The second kappa shape index (κ2) is 6.22. The quantitative estimate of drug-likeness (QED) is 0.911. The van der Waals surface area contributed by atoms with Crippen LogP contribution in [0.3, 0.4) is 0 Å². The number of benzene rings is 1. The monoisotopic (exact) mass is 277 g/mol. The Morgan fingerprint density at radius 3 is 2.89 bits per heavy atom. The second-order valence-electron chi connectivity index (χ2n) is 4.88. The summed E-state index contributed by atoms with van der Waals surface area (Å²) in [6, 6.07) is 6.04. The fourth-order valence-electron chi connectivity index (χ4n) is 2.26. The maximum Gasteiger partial charge on any atom is 0.113 e. The minimum absolute atomic E-state index is 0.0804. The fraction of sp³-hybridized carbons (Fsp3) is 0.400. The Balaban J connectivity index is 2.49. The highest BCUT2D eigenvalue weighted by Crippen LogP contribution is 2.25. The number of nitrogens with zero attached hydrogens (tertiary/aromatic N) is 2. The van der Waals surface area contributed by atoms with E-state index in [0.29, 0.717) is 0 Å². The standard InChI is InChI=1S/C15H20ClN3/c1-3-5-15-18-8-9-19(15)14-7-4-6-13(16)12(14)10-11(2)17/h4,6-9,11H,3,5,10,17H2,1-2H3. The van der Waals surface area contributed by atoms with Crippen molar-refractivity contribution in [3.05, 3.63) is 47.0 Å². The average molecular weight is 278 g/mol. The molecule has 1 aromatic carbocycles. The predicted molar refractivity (Wildman–Crippen MR) is 79.9 cm³/mol. The fourth-order valence-corrected chi connectivity index (χ4v) is 2.51. The zero-order chi connectivity index (χ0) is 13.8. The molecule has 0 saturated carbocycles. The summed E-state index contributed by atoms with van der Waals surface area (Å²) in [6.45, 7) is 4.15. The third-order valence-corrected chi connectivity index (χ3v) is 3.42. The first kappa shape index (κ1) is 14.1. The summed E-state index contributed by atoms with van der Waals surface area (Å²) in [4.78, 5) is 4.42. The zero-order valence-corrected chi connectivity index (χ0v) is 12.2. The number of hydrogen-bond donors (Lipinski definition) is 1. The molecule has 19 heavy (non-hydrogen) atoms. The van der Waals surface area contributed by atoms with Gasteiger partial charge in [0.05, 0.1) is 5.69 Å². The maximum atomic E-state index is 6.33. The summed E-state index contributed by atoms with van der Waals surface area (Å²) in [5.41, 5.74) is 8.11. The number of aromatic nitrogens is 2. The van der Waals surface area contributed by atoms with E-state index in [1.165, 1.54) is 0 Å². The van der Waals surface area contributed by atoms with Gasteiger partial charge in [-0.2, -0.15) is 0 Å². The molecule has 0 aliphatic heterocycles. The van der Waals surface area contributed by atoms with Gasteiger partial charge in [0.2, 0.25) is 0 Å². The zero-order valence-electron chi connectivity index (χ0n) is 11.4. The van der Waals surface area contributed by atoms with Gasteiger partial charge in [-0.15, -0.1) is 0 Å². The van der Waals surface area contributed by atoms with Crippen molar-refractivity contribution < 1.29 is 0 Å². The molecule has 3 nitrogen and oxygen atoms in total. The Labute approximate surface area is 119 Å². The maximum absolute atomic E-state index is 6.33. The van der Waals surface area contributed by atoms with E-state index in [1.54, 1.807) is 0 Å². The topological polar surface area (TPSA) is 43.8 Å². The summed E-state index contributed by atoms with van der Waals surface area (Å²) in [7, 11) is 0. The normalized spacial score (nSPS) is 12.6. The molecule has 1 unspecified atom stereocenters. The van der Waals surface area contributed by atoms with E-state index in [-0.39, 0.29) is 6.04 Å². The van der Waals surface area contributed by atoms with Crippen LogP contribution in [0.2, 0.25) is 5.02 Å². The molecule has 2 aromatic rings. The number of aryl methyl sites for hydroxylation is 1. The lowest BCUT2D eigenvalue weighted by molar-refractivity contribution is 0.728. The first-order valence-electron chi connectivity index (χ1n) is 6.69. The van der Waals surface area contributed by atoms with Crippen molar-refractivity contribution in [3.63, 3.8) is 0 Å². The minimum atomic E-state index is 0.0804. The van der Waals surface area contributed by atoms with Crippen LogP contribution in [0, 0.1) is 0 Å². The van der Waals surface area contributed by atoms with Crippen LogP contribution in [0.5, 0.6) is 0 Å². The molecule has 0 saturated heterocycles. The number of imidazole rings is 1. The Kier molecular flexibility index (Phi) is 4.61. The van der Waals surface area contributed by atoms with Gasteiger partial charge in [0.15, 0.2) is 0 Å². The van der Waals surface area contributed by atoms with Gasteiger partial charge in [-0.3, -0.25) is 0 Å². The molecule has 0 bridgehead atoms. The number of halogens is 1. The van der Waals surface area contributed by atoms with E-state index in [4.69, 9.17) is 17.3 Å². The van der Waals surface area contributed by atoms with E-state index in [1.807, 2.05) is 31.5 Å². The Morgan fingerprint density at radius 1 is 1.42 bits per heavy atom. The van der Waals surface area contributed by atoms with Crippen LogP contribution < -0.4 is 5.73 Å². The number of rotatable bonds is 5. The highest BCUT2D eigenvalue weighted by Gasteiger charge is 2.13. The highest BCUT2D eigenvalue weighted by molar-refractivity contribution is 6.31. The molecule has 0 aliphatic rings. The number of nitrogens with two attached hydrogens (primary N) is 1. The van der Waals surface area contributed by atoms with E-state index < -0.39 is 0 Å². The van der Waals surface area contributed by atoms with Crippen LogP contribution in [-0.4, -0.2) is 15.6 Å².